The van der Waals surface area contributed by atoms with Gasteiger partial charge in [0.2, 0.25) is 0 Å². The molecule has 0 fully saturated rings. The first kappa shape index (κ1) is 21.1. The lowest BCUT2D eigenvalue weighted by atomic mass is 10.1. The van der Waals surface area contributed by atoms with Crippen molar-refractivity contribution in [2.24, 2.45) is 0 Å². The van der Waals surface area contributed by atoms with Crippen molar-refractivity contribution in [3.05, 3.63) is 62.7 Å². The van der Waals surface area contributed by atoms with Crippen molar-refractivity contribution in [3.63, 3.8) is 0 Å². The van der Waals surface area contributed by atoms with E-state index in [1.807, 2.05) is 49.8 Å². The molecule has 0 aliphatic carbocycles. The summed E-state index contributed by atoms with van der Waals surface area (Å²) >= 11 is 3.50. The molecule has 0 aliphatic heterocycles. The monoisotopic (exact) mass is 460 g/mol. The maximum absolute atomic E-state index is 13.0. The van der Waals surface area contributed by atoms with E-state index in [9.17, 15) is 4.79 Å². The van der Waals surface area contributed by atoms with E-state index in [1.165, 1.54) is 0 Å². The normalized spacial score (nSPS) is 11.0. The average molecular weight is 461 g/mol. The molecule has 3 rings (SSSR count). The molecule has 0 atom stereocenters. The van der Waals surface area contributed by atoms with Crippen LogP contribution in [0.4, 0.5) is 0 Å². The molecule has 8 heteroatoms. The highest BCUT2D eigenvalue weighted by Gasteiger charge is 2.24. The fraction of sp³-hybridized carbons (Fsp3) is 0.381. The van der Waals surface area contributed by atoms with Crippen molar-refractivity contribution < 1.29 is 14.1 Å². The number of hydrogen-bond donors (Lipinski definition) is 0. The molecule has 3 aromatic rings. The highest BCUT2D eigenvalue weighted by molar-refractivity contribution is 9.10. The Kier molecular flexibility index (Phi) is 6.42. The Hall–Kier alpha value is -2.61. The largest absolute Gasteiger partial charge is 0.488 e. The van der Waals surface area contributed by atoms with Gasteiger partial charge in [0.15, 0.2) is 5.69 Å². The topological polar surface area (TPSA) is 73.4 Å². The molecule has 1 amide bonds. The van der Waals surface area contributed by atoms with Gasteiger partial charge in [-0.05, 0) is 60.8 Å². The molecule has 0 saturated heterocycles. The average Bonchev–Trinajstić information content (AvgIpc) is 3.24. The molecule has 0 saturated carbocycles. The minimum atomic E-state index is -0.237. The highest BCUT2D eigenvalue weighted by Crippen LogP contribution is 2.24. The molecule has 0 aliphatic rings. The van der Waals surface area contributed by atoms with Gasteiger partial charge in [0, 0.05) is 19.8 Å². The Labute approximate surface area is 178 Å². The quantitative estimate of drug-likeness (QED) is 0.521. The lowest BCUT2D eigenvalue weighted by Gasteiger charge is -2.16. The second-order valence-corrected chi connectivity index (χ2v) is 7.85. The third kappa shape index (κ3) is 4.53. The number of carbonyl (C=O) groups is 1. The van der Waals surface area contributed by atoms with Crippen LogP contribution in [-0.4, -0.2) is 32.8 Å². The number of hydrogen-bond acceptors (Lipinski definition) is 5. The van der Waals surface area contributed by atoms with Gasteiger partial charge in [-0.3, -0.25) is 9.48 Å². The predicted molar refractivity (Wildman–Crippen MR) is 113 cm³/mol. The molecule has 154 valence electrons. The van der Waals surface area contributed by atoms with E-state index < -0.39 is 0 Å². The van der Waals surface area contributed by atoms with Gasteiger partial charge in [0.1, 0.15) is 18.1 Å². The molecule has 2 heterocycles. The van der Waals surface area contributed by atoms with Crippen LogP contribution < -0.4 is 4.74 Å². The fourth-order valence-corrected chi connectivity index (χ4v) is 3.38. The van der Waals surface area contributed by atoms with Gasteiger partial charge in [0.05, 0.1) is 22.3 Å². The number of carbonyl (C=O) groups excluding carboxylic acids is 1. The molecule has 0 unspecified atom stereocenters. The van der Waals surface area contributed by atoms with E-state index in [-0.39, 0.29) is 18.2 Å². The lowest BCUT2D eigenvalue weighted by Crippen LogP contribution is -2.28. The van der Waals surface area contributed by atoms with Gasteiger partial charge < -0.3 is 14.2 Å². The Balaban J connectivity index is 1.76. The van der Waals surface area contributed by atoms with Crippen molar-refractivity contribution in [2.45, 2.75) is 47.4 Å². The molecule has 7 nitrogen and oxygen atoms in total. The van der Waals surface area contributed by atoms with Crippen molar-refractivity contribution in [1.29, 1.82) is 0 Å². The zero-order chi connectivity index (χ0) is 21.1. The van der Waals surface area contributed by atoms with Crippen LogP contribution in [0.1, 0.15) is 45.6 Å². The summed E-state index contributed by atoms with van der Waals surface area (Å²) < 4.78 is 14.0. The van der Waals surface area contributed by atoms with Crippen LogP contribution in [0, 0.1) is 20.8 Å². The number of ether oxygens (including phenoxy) is 1. The number of aromatic nitrogens is 3. The summed E-state index contributed by atoms with van der Waals surface area (Å²) in [6.07, 6.45) is 1.90. The Morgan fingerprint density at radius 2 is 2.07 bits per heavy atom. The van der Waals surface area contributed by atoms with Crippen LogP contribution in [0.5, 0.6) is 5.75 Å². The number of amides is 1. The van der Waals surface area contributed by atoms with Crippen LogP contribution in [0.25, 0.3) is 0 Å². The molecular formula is C21H25BrN4O3. The van der Waals surface area contributed by atoms with Crippen LogP contribution in [0.15, 0.2) is 33.4 Å². The van der Waals surface area contributed by atoms with E-state index in [1.54, 1.807) is 18.9 Å². The molecule has 0 radical (unpaired) electrons. The van der Waals surface area contributed by atoms with E-state index in [0.29, 0.717) is 17.9 Å². The zero-order valence-electron chi connectivity index (χ0n) is 17.3. The smallest absolute Gasteiger partial charge is 0.276 e. The molecule has 0 N–H and O–H groups in total. The molecule has 29 heavy (non-hydrogen) atoms. The standard InChI is InChI=1S/C21H25BrN4O3/c1-6-26-10-17(22)18(23-26)11-25(5)21(27)20-16(15(4)29-24-20)12-28-19-9-7-8-13(2)14(19)3/h7-10H,6,11-12H2,1-5H3. The Morgan fingerprint density at radius 1 is 1.31 bits per heavy atom. The van der Waals surface area contributed by atoms with Crippen molar-refractivity contribution in [3.8, 4) is 5.75 Å². The third-order valence-electron chi connectivity index (χ3n) is 4.96. The predicted octanol–water partition coefficient (Wildman–Crippen LogP) is 4.43. The second kappa shape index (κ2) is 8.82. The van der Waals surface area contributed by atoms with Gasteiger partial charge in [0.25, 0.3) is 5.91 Å². The van der Waals surface area contributed by atoms with Gasteiger partial charge in [-0.2, -0.15) is 5.10 Å². The summed E-state index contributed by atoms with van der Waals surface area (Å²) in [5, 5.41) is 8.46. The van der Waals surface area contributed by atoms with E-state index >= 15 is 0 Å². The number of rotatable bonds is 7. The minimum absolute atomic E-state index is 0.211. The summed E-state index contributed by atoms with van der Waals surface area (Å²) in [7, 11) is 1.72. The van der Waals surface area contributed by atoms with E-state index in [4.69, 9.17) is 9.26 Å². The fourth-order valence-electron chi connectivity index (χ4n) is 2.94. The van der Waals surface area contributed by atoms with Crippen LogP contribution in [-0.2, 0) is 19.7 Å². The third-order valence-corrected chi connectivity index (χ3v) is 5.62. The van der Waals surface area contributed by atoms with Crippen molar-refractivity contribution in [1.82, 2.24) is 19.8 Å². The number of benzene rings is 1. The second-order valence-electron chi connectivity index (χ2n) is 6.99. The molecule has 2 aromatic heterocycles. The van der Waals surface area contributed by atoms with Crippen molar-refractivity contribution in [2.75, 3.05) is 7.05 Å². The van der Waals surface area contributed by atoms with Crippen LogP contribution >= 0.6 is 15.9 Å². The first-order valence-electron chi connectivity index (χ1n) is 9.43. The summed E-state index contributed by atoms with van der Waals surface area (Å²) in [6.45, 7) is 9.17. The van der Waals surface area contributed by atoms with E-state index in [2.05, 4.69) is 26.2 Å². The minimum Gasteiger partial charge on any atom is -0.488 e. The first-order chi connectivity index (χ1) is 13.8. The van der Waals surface area contributed by atoms with Gasteiger partial charge in [-0.15, -0.1) is 0 Å². The van der Waals surface area contributed by atoms with Gasteiger partial charge >= 0.3 is 0 Å². The molecule has 0 bridgehead atoms. The molecule has 1 aromatic carbocycles. The lowest BCUT2D eigenvalue weighted by molar-refractivity contribution is 0.0770. The Morgan fingerprint density at radius 3 is 2.76 bits per heavy atom. The zero-order valence-corrected chi connectivity index (χ0v) is 18.9. The number of aryl methyl sites for hydroxylation is 3. The molecular weight excluding hydrogens is 436 g/mol. The van der Waals surface area contributed by atoms with Crippen LogP contribution in [0.2, 0.25) is 0 Å². The SMILES string of the molecule is CCn1cc(Br)c(CN(C)C(=O)c2noc(C)c2COc2cccc(C)c2C)n1. The summed E-state index contributed by atoms with van der Waals surface area (Å²) in [5.74, 6) is 1.12. The summed E-state index contributed by atoms with van der Waals surface area (Å²) in [5.41, 5.74) is 3.93. The van der Waals surface area contributed by atoms with Crippen LogP contribution in [0.3, 0.4) is 0 Å². The summed E-state index contributed by atoms with van der Waals surface area (Å²) in [4.78, 5) is 14.6. The van der Waals surface area contributed by atoms with Gasteiger partial charge in [-0.1, -0.05) is 17.3 Å². The maximum atomic E-state index is 13.0. The van der Waals surface area contributed by atoms with Crippen molar-refractivity contribution >= 4 is 21.8 Å². The first-order valence-corrected chi connectivity index (χ1v) is 10.2. The van der Waals surface area contributed by atoms with E-state index in [0.717, 1.165) is 33.6 Å². The maximum Gasteiger partial charge on any atom is 0.276 e. The highest BCUT2D eigenvalue weighted by atomic mass is 79.9. The summed E-state index contributed by atoms with van der Waals surface area (Å²) in [6, 6.07) is 5.90. The van der Waals surface area contributed by atoms with Gasteiger partial charge in [-0.25, -0.2) is 0 Å². The number of halogens is 1. The number of nitrogens with zero attached hydrogens (tertiary/aromatic N) is 4. The Bertz CT molecular complexity index is 1030. The molecule has 0 spiro atoms.